The molecule has 2 aromatic heterocycles. The van der Waals surface area contributed by atoms with E-state index in [2.05, 4.69) is 10.3 Å². The zero-order valence-electron chi connectivity index (χ0n) is 11.7. The standard InChI is InChI=1S/C12H19N5O2/c1-5-13-11-14-9-8(16(11)6-2)10(18)15(4)12(19)17(9)7-3/h5-7H2,1-4H3,(H,13,14). The van der Waals surface area contributed by atoms with Gasteiger partial charge in [-0.25, -0.2) is 4.79 Å². The van der Waals surface area contributed by atoms with Crippen molar-refractivity contribution >= 4 is 17.1 Å². The molecule has 0 atom stereocenters. The SMILES string of the molecule is CCNc1nc2c(c(=O)n(C)c(=O)n2CC)n1CC. The van der Waals surface area contributed by atoms with Crippen LogP contribution >= 0.6 is 0 Å². The van der Waals surface area contributed by atoms with Crippen molar-refractivity contribution in [2.75, 3.05) is 11.9 Å². The molecule has 0 saturated heterocycles. The number of aryl methyl sites for hydroxylation is 2. The Balaban J connectivity index is 2.98. The molecule has 0 aliphatic heterocycles. The van der Waals surface area contributed by atoms with Gasteiger partial charge >= 0.3 is 5.69 Å². The van der Waals surface area contributed by atoms with E-state index in [4.69, 9.17) is 0 Å². The molecule has 19 heavy (non-hydrogen) atoms. The maximum atomic E-state index is 12.3. The largest absolute Gasteiger partial charge is 0.356 e. The summed E-state index contributed by atoms with van der Waals surface area (Å²) < 4.78 is 4.46. The average Bonchev–Trinajstić information content (AvgIpc) is 2.75. The lowest BCUT2D eigenvalue weighted by molar-refractivity contribution is 0.649. The summed E-state index contributed by atoms with van der Waals surface area (Å²) in [6, 6.07) is 0. The van der Waals surface area contributed by atoms with Crippen molar-refractivity contribution in [2.24, 2.45) is 7.05 Å². The monoisotopic (exact) mass is 265 g/mol. The molecule has 0 unspecified atom stereocenters. The molecule has 2 heterocycles. The van der Waals surface area contributed by atoms with E-state index in [9.17, 15) is 9.59 Å². The van der Waals surface area contributed by atoms with Crippen molar-refractivity contribution in [1.82, 2.24) is 18.7 Å². The number of hydrogen-bond acceptors (Lipinski definition) is 4. The summed E-state index contributed by atoms with van der Waals surface area (Å²) in [5.41, 5.74) is 0.294. The zero-order chi connectivity index (χ0) is 14.2. The van der Waals surface area contributed by atoms with Crippen LogP contribution in [0.1, 0.15) is 20.8 Å². The van der Waals surface area contributed by atoms with Gasteiger partial charge in [0.1, 0.15) is 0 Å². The van der Waals surface area contributed by atoms with E-state index < -0.39 is 0 Å². The Morgan fingerprint density at radius 1 is 1.11 bits per heavy atom. The Labute approximate surface area is 110 Å². The van der Waals surface area contributed by atoms with Crippen molar-refractivity contribution in [3.63, 3.8) is 0 Å². The predicted octanol–water partition coefficient (Wildman–Crippen LogP) is 0.368. The van der Waals surface area contributed by atoms with Gasteiger partial charge in [-0.05, 0) is 20.8 Å². The molecular weight excluding hydrogens is 246 g/mol. The first-order valence-electron chi connectivity index (χ1n) is 6.50. The molecule has 0 bridgehead atoms. The third kappa shape index (κ3) is 1.85. The van der Waals surface area contributed by atoms with Gasteiger partial charge in [-0.1, -0.05) is 0 Å². The molecule has 2 aromatic rings. The van der Waals surface area contributed by atoms with Gasteiger partial charge in [-0.3, -0.25) is 13.9 Å². The van der Waals surface area contributed by atoms with E-state index in [-0.39, 0.29) is 11.2 Å². The van der Waals surface area contributed by atoms with Gasteiger partial charge < -0.3 is 9.88 Å². The second kappa shape index (κ2) is 4.91. The maximum Gasteiger partial charge on any atom is 0.332 e. The highest BCUT2D eigenvalue weighted by Crippen LogP contribution is 2.15. The quantitative estimate of drug-likeness (QED) is 0.866. The van der Waals surface area contributed by atoms with Gasteiger partial charge in [0.2, 0.25) is 5.95 Å². The van der Waals surface area contributed by atoms with Crippen LogP contribution in [0.2, 0.25) is 0 Å². The molecule has 0 spiro atoms. The second-order valence-corrected chi connectivity index (χ2v) is 4.27. The minimum absolute atomic E-state index is 0.303. The van der Waals surface area contributed by atoms with E-state index in [1.165, 1.54) is 11.6 Å². The van der Waals surface area contributed by atoms with Crippen LogP contribution in [0.25, 0.3) is 11.2 Å². The molecule has 7 nitrogen and oxygen atoms in total. The Morgan fingerprint density at radius 3 is 2.26 bits per heavy atom. The summed E-state index contributed by atoms with van der Waals surface area (Å²) in [4.78, 5) is 28.7. The summed E-state index contributed by atoms with van der Waals surface area (Å²) >= 11 is 0. The van der Waals surface area contributed by atoms with Gasteiger partial charge in [-0.15, -0.1) is 0 Å². The van der Waals surface area contributed by atoms with Crippen LogP contribution < -0.4 is 16.6 Å². The molecule has 104 valence electrons. The first-order chi connectivity index (χ1) is 9.06. The fourth-order valence-electron chi connectivity index (χ4n) is 2.24. The van der Waals surface area contributed by atoms with Crippen LogP contribution in [0.4, 0.5) is 5.95 Å². The molecule has 2 rings (SSSR count). The van der Waals surface area contributed by atoms with Crippen LogP contribution in [0.3, 0.4) is 0 Å². The summed E-state index contributed by atoms with van der Waals surface area (Å²) in [7, 11) is 1.50. The predicted molar refractivity (Wildman–Crippen MR) is 74.7 cm³/mol. The number of rotatable bonds is 4. The Hall–Kier alpha value is -2.05. The topological polar surface area (TPSA) is 73.8 Å². The summed E-state index contributed by atoms with van der Waals surface area (Å²) in [6.45, 7) is 7.59. The molecule has 0 aliphatic rings. The molecule has 0 radical (unpaired) electrons. The lowest BCUT2D eigenvalue weighted by Crippen LogP contribution is -2.38. The second-order valence-electron chi connectivity index (χ2n) is 4.27. The van der Waals surface area contributed by atoms with E-state index >= 15 is 0 Å². The normalized spacial score (nSPS) is 11.2. The van der Waals surface area contributed by atoms with Crippen LogP contribution in [0.15, 0.2) is 9.59 Å². The fraction of sp³-hybridized carbons (Fsp3) is 0.583. The highest BCUT2D eigenvalue weighted by Gasteiger charge is 2.18. The van der Waals surface area contributed by atoms with Crippen LogP contribution in [-0.2, 0) is 20.1 Å². The number of imidazole rings is 1. The minimum atomic E-state index is -0.330. The van der Waals surface area contributed by atoms with E-state index in [1.54, 1.807) is 0 Å². The fourth-order valence-corrected chi connectivity index (χ4v) is 2.24. The lowest BCUT2D eigenvalue weighted by Gasteiger charge is -2.07. The van der Waals surface area contributed by atoms with Crippen LogP contribution in [0, 0.1) is 0 Å². The molecule has 1 N–H and O–H groups in total. The smallest absolute Gasteiger partial charge is 0.332 e. The molecule has 0 aliphatic carbocycles. The van der Waals surface area contributed by atoms with E-state index in [1.807, 2.05) is 25.3 Å². The third-order valence-electron chi connectivity index (χ3n) is 3.20. The van der Waals surface area contributed by atoms with Crippen molar-refractivity contribution in [2.45, 2.75) is 33.9 Å². The van der Waals surface area contributed by atoms with Crippen LogP contribution in [-0.4, -0.2) is 25.2 Å². The lowest BCUT2D eigenvalue weighted by atomic mass is 10.4. The first kappa shape index (κ1) is 13.4. The molecule has 0 fully saturated rings. The number of fused-ring (bicyclic) bond motifs is 1. The summed E-state index contributed by atoms with van der Waals surface area (Å²) in [5, 5.41) is 3.12. The number of hydrogen-bond donors (Lipinski definition) is 1. The van der Waals surface area contributed by atoms with Crippen molar-refractivity contribution in [1.29, 1.82) is 0 Å². The zero-order valence-corrected chi connectivity index (χ0v) is 11.7. The minimum Gasteiger partial charge on any atom is -0.356 e. The van der Waals surface area contributed by atoms with E-state index in [0.29, 0.717) is 36.7 Å². The molecule has 0 aromatic carbocycles. The Morgan fingerprint density at radius 2 is 1.74 bits per heavy atom. The maximum absolute atomic E-state index is 12.3. The van der Waals surface area contributed by atoms with Crippen molar-refractivity contribution in [3.05, 3.63) is 20.8 Å². The number of aromatic nitrogens is 4. The number of anilines is 1. The van der Waals surface area contributed by atoms with Crippen LogP contribution in [0.5, 0.6) is 0 Å². The molecule has 0 amide bonds. The number of nitrogens with one attached hydrogen (secondary N) is 1. The molecular formula is C12H19N5O2. The summed E-state index contributed by atoms with van der Waals surface area (Å²) in [5.74, 6) is 0.630. The molecule has 0 saturated carbocycles. The van der Waals surface area contributed by atoms with Gasteiger partial charge in [0.25, 0.3) is 5.56 Å². The highest BCUT2D eigenvalue weighted by atomic mass is 16.2. The average molecular weight is 265 g/mol. The van der Waals surface area contributed by atoms with Gasteiger partial charge in [-0.2, -0.15) is 4.98 Å². The summed E-state index contributed by atoms with van der Waals surface area (Å²) in [6.07, 6.45) is 0. The molecule has 7 heteroatoms. The van der Waals surface area contributed by atoms with Gasteiger partial charge in [0.15, 0.2) is 11.2 Å². The van der Waals surface area contributed by atoms with E-state index in [0.717, 1.165) is 4.57 Å². The van der Waals surface area contributed by atoms with Gasteiger partial charge in [0, 0.05) is 26.7 Å². The highest BCUT2D eigenvalue weighted by molar-refractivity contribution is 5.74. The van der Waals surface area contributed by atoms with Gasteiger partial charge in [0.05, 0.1) is 0 Å². The Bertz CT molecular complexity index is 722. The third-order valence-corrected chi connectivity index (χ3v) is 3.20. The first-order valence-corrected chi connectivity index (χ1v) is 6.50. The van der Waals surface area contributed by atoms with Crippen molar-refractivity contribution in [3.8, 4) is 0 Å². The number of nitrogens with zero attached hydrogens (tertiary/aromatic N) is 4. The van der Waals surface area contributed by atoms with Crippen molar-refractivity contribution < 1.29 is 0 Å². The Kier molecular flexibility index (Phi) is 3.46.